The van der Waals surface area contributed by atoms with Crippen LogP contribution in [0, 0.1) is 11.6 Å². The number of carbonyl (C=O) groups is 1. The van der Waals surface area contributed by atoms with Gasteiger partial charge in [0.2, 0.25) is 0 Å². The Hall–Kier alpha value is -3.20. The summed E-state index contributed by atoms with van der Waals surface area (Å²) in [4.78, 5) is 18.4. The zero-order valence-electron chi connectivity index (χ0n) is 17.3. The Morgan fingerprint density at radius 3 is 2.52 bits per heavy atom. The number of anilines is 1. The number of tetrazole rings is 1. The Morgan fingerprint density at radius 1 is 1.06 bits per heavy atom. The number of rotatable bonds is 7. The zero-order chi connectivity index (χ0) is 21.8. The van der Waals surface area contributed by atoms with Crippen LogP contribution in [0.3, 0.4) is 0 Å². The first-order valence-corrected chi connectivity index (χ1v) is 10.3. The number of piperazine rings is 1. The van der Waals surface area contributed by atoms with E-state index in [0.717, 1.165) is 44.9 Å². The summed E-state index contributed by atoms with van der Waals surface area (Å²) in [6.07, 6.45) is 0.608. The second-order valence-electron chi connectivity index (χ2n) is 7.60. The van der Waals surface area contributed by atoms with E-state index in [4.69, 9.17) is 0 Å². The van der Waals surface area contributed by atoms with Crippen molar-refractivity contribution >= 4 is 11.5 Å². The molecule has 2 aromatic carbocycles. The molecular weight excluding hydrogens is 402 g/mol. The van der Waals surface area contributed by atoms with Crippen molar-refractivity contribution in [2.45, 2.75) is 19.4 Å². The highest BCUT2D eigenvalue weighted by atomic mass is 19.1. The fourth-order valence-corrected chi connectivity index (χ4v) is 3.67. The van der Waals surface area contributed by atoms with E-state index in [2.05, 4.69) is 37.3 Å². The van der Waals surface area contributed by atoms with Gasteiger partial charge in [-0.1, -0.05) is 18.2 Å². The van der Waals surface area contributed by atoms with Crippen molar-refractivity contribution in [3.63, 3.8) is 0 Å². The highest BCUT2D eigenvalue weighted by Crippen LogP contribution is 2.17. The standard InChI is InChI=1S/C22H24F2N6O/c1-16(22(31)19-8-7-17(23)15-20(19)24)30-26-21(25-27-30)9-10-28-11-13-29(14-12-28)18-5-3-2-4-6-18/h2-8,15-16H,9-14H2,1H3. The van der Waals surface area contributed by atoms with Gasteiger partial charge < -0.3 is 4.90 Å². The number of para-hydroxylation sites is 1. The molecule has 7 nitrogen and oxygen atoms in total. The van der Waals surface area contributed by atoms with E-state index in [0.29, 0.717) is 18.3 Å². The monoisotopic (exact) mass is 426 g/mol. The molecule has 0 aliphatic carbocycles. The van der Waals surface area contributed by atoms with Gasteiger partial charge in [0.05, 0.1) is 5.56 Å². The number of hydrogen-bond donors (Lipinski definition) is 0. The lowest BCUT2D eigenvalue weighted by Gasteiger charge is -2.35. The van der Waals surface area contributed by atoms with Crippen LogP contribution < -0.4 is 4.90 Å². The van der Waals surface area contributed by atoms with Crippen LogP contribution in [0.1, 0.15) is 29.1 Å². The Bertz CT molecular complexity index is 1030. The molecule has 1 fully saturated rings. The average molecular weight is 426 g/mol. The summed E-state index contributed by atoms with van der Waals surface area (Å²) < 4.78 is 27.0. The number of ketones is 1. The lowest BCUT2D eigenvalue weighted by molar-refractivity contribution is 0.0913. The summed E-state index contributed by atoms with van der Waals surface area (Å²) in [6.45, 7) is 6.17. The molecule has 0 spiro atoms. The van der Waals surface area contributed by atoms with E-state index in [-0.39, 0.29) is 5.56 Å². The molecule has 3 aromatic rings. The molecule has 2 heterocycles. The normalized spacial score (nSPS) is 15.8. The summed E-state index contributed by atoms with van der Waals surface area (Å²) in [7, 11) is 0. The molecule has 0 amide bonds. The maximum absolute atomic E-state index is 13.9. The minimum Gasteiger partial charge on any atom is -0.369 e. The summed E-state index contributed by atoms with van der Waals surface area (Å²) in [5.41, 5.74) is 1.05. The molecule has 1 saturated heterocycles. The third-order valence-electron chi connectivity index (χ3n) is 5.54. The lowest BCUT2D eigenvalue weighted by Crippen LogP contribution is -2.47. The van der Waals surface area contributed by atoms with E-state index in [1.54, 1.807) is 6.92 Å². The average Bonchev–Trinajstić information content (AvgIpc) is 3.27. The highest BCUT2D eigenvalue weighted by Gasteiger charge is 2.23. The van der Waals surface area contributed by atoms with Gasteiger partial charge in [-0.15, -0.1) is 10.2 Å². The summed E-state index contributed by atoms with van der Waals surface area (Å²) >= 11 is 0. The van der Waals surface area contributed by atoms with Crippen LogP contribution in [-0.4, -0.2) is 63.6 Å². The van der Waals surface area contributed by atoms with Crippen LogP contribution in [-0.2, 0) is 6.42 Å². The zero-order valence-corrected chi connectivity index (χ0v) is 17.3. The first-order valence-electron chi connectivity index (χ1n) is 10.3. The van der Waals surface area contributed by atoms with Crippen LogP contribution >= 0.6 is 0 Å². The third-order valence-corrected chi connectivity index (χ3v) is 5.54. The molecule has 0 bridgehead atoms. The van der Waals surface area contributed by atoms with Gasteiger partial charge in [0.15, 0.2) is 11.6 Å². The molecule has 0 saturated carbocycles. The largest absolute Gasteiger partial charge is 0.369 e. The fraction of sp³-hybridized carbons (Fsp3) is 0.364. The smallest absolute Gasteiger partial charge is 0.191 e. The molecular formula is C22H24F2N6O. The molecule has 31 heavy (non-hydrogen) atoms. The van der Waals surface area contributed by atoms with E-state index < -0.39 is 23.5 Å². The lowest BCUT2D eigenvalue weighted by atomic mass is 10.1. The van der Waals surface area contributed by atoms with Gasteiger partial charge in [-0.05, 0) is 36.4 Å². The quantitative estimate of drug-likeness (QED) is 0.542. The molecule has 1 unspecified atom stereocenters. The van der Waals surface area contributed by atoms with Gasteiger partial charge in [-0.3, -0.25) is 9.69 Å². The molecule has 4 rings (SSSR count). The second-order valence-corrected chi connectivity index (χ2v) is 7.60. The van der Waals surface area contributed by atoms with E-state index in [1.807, 2.05) is 18.2 Å². The molecule has 1 aliphatic heterocycles. The number of carbonyl (C=O) groups excluding carboxylic acids is 1. The maximum atomic E-state index is 13.9. The van der Waals surface area contributed by atoms with Gasteiger partial charge in [0.25, 0.3) is 0 Å². The van der Waals surface area contributed by atoms with Gasteiger partial charge >= 0.3 is 0 Å². The Morgan fingerprint density at radius 2 is 1.81 bits per heavy atom. The first kappa shape index (κ1) is 21.0. The van der Waals surface area contributed by atoms with Crippen LogP contribution in [0.2, 0.25) is 0 Å². The minimum atomic E-state index is -0.896. The first-order chi connectivity index (χ1) is 15.0. The Labute approximate surface area is 179 Å². The van der Waals surface area contributed by atoms with E-state index >= 15 is 0 Å². The summed E-state index contributed by atoms with van der Waals surface area (Å²) in [5, 5.41) is 12.3. The molecule has 1 atom stereocenters. The number of nitrogens with zero attached hydrogens (tertiary/aromatic N) is 6. The number of Topliss-reactive ketones (excluding diaryl/α,β-unsaturated/α-hetero) is 1. The van der Waals surface area contributed by atoms with Gasteiger partial charge in [-0.25, -0.2) is 8.78 Å². The fourth-order valence-electron chi connectivity index (χ4n) is 3.67. The van der Waals surface area contributed by atoms with Crippen molar-refractivity contribution in [2.24, 2.45) is 0 Å². The predicted octanol–water partition coefficient (Wildman–Crippen LogP) is 2.76. The predicted molar refractivity (Wildman–Crippen MR) is 112 cm³/mol. The second kappa shape index (κ2) is 9.30. The molecule has 0 radical (unpaired) electrons. The van der Waals surface area contributed by atoms with Crippen LogP contribution in [0.25, 0.3) is 0 Å². The molecule has 1 aromatic heterocycles. The van der Waals surface area contributed by atoms with E-state index in [1.165, 1.54) is 10.5 Å². The van der Waals surface area contributed by atoms with E-state index in [9.17, 15) is 13.6 Å². The molecule has 162 valence electrons. The Balaban J connectivity index is 1.30. The van der Waals surface area contributed by atoms with Gasteiger partial charge in [0.1, 0.15) is 17.7 Å². The van der Waals surface area contributed by atoms with Crippen LogP contribution in [0.15, 0.2) is 48.5 Å². The van der Waals surface area contributed by atoms with Crippen LogP contribution in [0.4, 0.5) is 14.5 Å². The van der Waals surface area contributed by atoms with Crippen molar-refractivity contribution in [3.05, 3.63) is 71.6 Å². The molecule has 9 heteroatoms. The Kier molecular flexibility index (Phi) is 6.31. The van der Waals surface area contributed by atoms with Gasteiger partial charge in [0, 0.05) is 50.9 Å². The topological polar surface area (TPSA) is 67.2 Å². The van der Waals surface area contributed by atoms with Crippen LogP contribution in [0.5, 0.6) is 0 Å². The SMILES string of the molecule is CC(C(=O)c1ccc(F)cc1F)n1nnc(CCN2CCN(c3ccccc3)CC2)n1. The van der Waals surface area contributed by atoms with Gasteiger partial charge in [-0.2, -0.15) is 4.80 Å². The third kappa shape index (κ3) is 4.93. The number of hydrogen-bond acceptors (Lipinski definition) is 6. The van der Waals surface area contributed by atoms with Crippen molar-refractivity contribution in [2.75, 3.05) is 37.6 Å². The maximum Gasteiger partial charge on any atom is 0.191 e. The summed E-state index contributed by atoms with van der Waals surface area (Å²) in [5.74, 6) is -1.62. The molecule has 0 N–H and O–H groups in total. The number of halogens is 2. The van der Waals surface area contributed by atoms with Crippen molar-refractivity contribution in [1.29, 1.82) is 0 Å². The minimum absolute atomic E-state index is 0.191. The number of aromatic nitrogens is 4. The molecule has 1 aliphatic rings. The van der Waals surface area contributed by atoms with Crippen molar-refractivity contribution < 1.29 is 13.6 Å². The van der Waals surface area contributed by atoms with Crippen molar-refractivity contribution in [1.82, 2.24) is 25.1 Å². The summed E-state index contributed by atoms with van der Waals surface area (Å²) in [6, 6.07) is 12.4. The number of benzene rings is 2. The van der Waals surface area contributed by atoms with Crippen molar-refractivity contribution in [3.8, 4) is 0 Å². The highest BCUT2D eigenvalue weighted by molar-refractivity contribution is 5.98.